The van der Waals surface area contributed by atoms with Crippen LogP contribution in [0.1, 0.15) is 23.0 Å². The van der Waals surface area contributed by atoms with E-state index < -0.39 is 28.1 Å². The van der Waals surface area contributed by atoms with Gasteiger partial charge in [-0.1, -0.05) is 0 Å². The number of pyridine rings is 1. The molecule has 0 aliphatic rings. The van der Waals surface area contributed by atoms with E-state index in [4.69, 9.17) is 9.15 Å². The normalized spacial score (nSPS) is 10.8. The largest absolute Gasteiger partial charge is 0.618 e. The van der Waals surface area contributed by atoms with Crippen LogP contribution in [0.25, 0.3) is 22.5 Å². The molecule has 3 aromatic rings. The van der Waals surface area contributed by atoms with E-state index >= 15 is 0 Å². The van der Waals surface area contributed by atoms with Crippen molar-refractivity contribution in [2.24, 2.45) is 0 Å². The second-order valence-electron chi connectivity index (χ2n) is 6.17. The number of carbonyl (C=O) groups is 1. The van der Waals surface area contributed by atoms with Crippen molar-refractivity contribution in [2.75, 3.05) is 6.61 Å². The zero-order valence-corrected chi connectivity index (χ0v) is 17.3. The second kappa shape index (κ2) is 8.03. The summed E-state index contributed by atoms with van der Waals surface area (Å²) in [6, 6.07) is 5.14. The molecule has 0 saturated heterocycles. The van der Waals surface area contributed by atoms with Crippen molar-refractivity contribution in [1.29, 1.82) is 0 Å². The van der Waals surface area contributed by atoms with E-state index in [1.165, 1.54) is 6.07 Å². The maximum atomic E-state index is 12.7. The maximum absolute atomic E-state index is 12.7. The van der Waals surface area contributed by atoms with E-state index in [9.17, 15) is 30.3 Å². The number of halogens is 1. The van der Waals surface area contributed by atoms with Gasteiger partial charge in [0.05, 0.1) is 23.4 Å². The molecule has 0 aliphatic carbocycles. The van der Waals surface area contributed by atoms with E-state index in [0.717, 1.165) is 18.4 Å². The highest BCUT2D eigenvalue weighted by atomic mass is 79.9. The van der Waals surface area contributed by atoms with Crippen molar-refractivity contribution in [1.82, 2.24) is 0 Å². The van der Waals surface area contributed by atoms with Crippen LogP contribution < -0.4 is 4.73 Å². The van der Waals surface area contributed by atoms with Gasteiger partial charge in [-0.05, 0) is 24.6 Å². The average Bonchev–Trinajstić information content (AvgIpc) is 3.13. The molecule has 0 atom stereocenters. The van der Waals surface area contributed by atoms with Crippen molar-refractivity contribution in [3.8, 4) is 33.9 Å². The molecule has 2 N–H and O–H groups in total. The van der Waals surface area contributed by atoms with E-state index in [1.54, 1.807) is 19.9 Å². The number of phenolic OH excluding ortho intramolecular Hbond substituents is 2. The molecular weight excluding hydrogens is 464 g/mol. The highest BCUT2D eigenvalue weighted by molar-refractivity contribution is 9.10. The molecule has 0 bridgehead atoms. The Bertz CT molecular complexity index is 1170. The third kappa shape index (κ3) is 3.54. The summed E-state index contributed by atoms with van der Waals surface area (Å²) in [5.74, 6) is -2.45. The third-order valence-corrected chi connectivity index (χ3v) is 5.05. The summed E-state index contributed by atoms with van der Waals surface area (Å²) < 4.78 is 11.3. The summed E-state index contributed by atoms with van der Waals surface area (Å²) in [5, 5.41) is 43.1. The first-order valence-electron chi connectivity index (χ1n) is 8.55. The van der Waals surface area contributed by atoms with E-state index in [2.05, 4.69) is 15.9 Å². The first-order chi connectivity index (χ1) is 14.2. The van der Waals surface area contributed by atoms with E-state index in [1.807, 2.05) is 0 Å². The minimum Gasteiger partial charge on any atom is -0.618 e. The molecule has 10 nitrogen and oxygen atoms in total. The number of ether oxygens (including phenoxy) is 1. The van der Waals surface area contributed by atoms with Crippen LogP contribution in [0.2, 0.25) is 0 Å². The lowest BCUT2D eigenvalue weighted by Gasteiger charge is -2.09. The van der Waals surface area contributed by atoms with Gasteiger partial charge >= 0.3 is 11.7 Å². The number of esters is 1. The Morgan fingerprint density at radius 1 is 1.30 bits per heavy atom. The zero-order chi connectivity index (χ0) is 22.2. The number of aromatic hydroxyl groups is 2. The predicted octanol–water partition coefficient (Wildman–Crippen LogP) is 3.81. The number of aryl methyl sites for hydroxylation is 1. The molecule has 0 unspecified atom stereocenters. The van der Waals surface area contributed by atoms with Gasteiger partial charge in [0.1, 0.15) is 5.56 Å². The van der Waals surface area contributed by atoms with Gasteiger partial charge in [-0.15, -0.1) is 0 Å². The van der Waals surface area contributed by atoms with Gasteiger partial charge in [-0.3, -0.25) is 10.1 Å². The van der Waals surface area contributed by atoms with Crippen LogP contribution in [-0.2, 0) is 4.74 Å². The van der Waals surface area contributed by atoms with Gasteiger partial charge in [-0.2, -0.15) is 4.73 Å². The first kappa shape index (κ1) is 21.1. The minimum atomic E-state index is -0.904. The van der Waals surface area contributed by atoms with Gasteiger partial charge in [0, 0.05) is 40.5 Å². The summed E-state index contributed by atoms with van der Waals surface area (Å²) in [7, 11) is 0. The van der Waals surface area contributed by atoms with Crippen LogP contribution in [0.5, 0.6) is 11.5 Å². The molecule has 156 valence electrons. The zero-order valence-electron chi connectivity index (χ0n) is 15.7. The molecule has 3 rings (SSSR count). The lowest BCUT2D eigenvalue weighted by Crippen LogP contribution is -2.32. The van der Waals surface area contributed by atoms with Gasteiger partial charge in [-0.25, -0.2) is 4.79 Å². The monoisotopic (exact) mass is 478 g/mol. The van der Waals surface area contributed by atoms with Crippen molar-refractivity contribution < 1.29 is 33.8 Å². The van der Waals surface area contributed by atoms with Crippen molar-refractivity contribution >= 4 is 27.6 Å². The van der Waals surface area contributed by atoms with Crippen molar-refractivity contribution in [2.45, 2.75) is 13.8 Å². The summed E-state index contributed by atoms with van der Waals surface area (Å²) in [6.07, 6.45) is 1.15. The Morgan fingerprint density at radius 2 is 2.00 bits per heavy atom. The molecule has 0 fully saturated rings. The Morgan fingerprint density at radius 3 is 2.63 bits per heavy atom. The smallest absolute Gasteiger partial charge is 0.342 e. The molecule has 0 saturated carbocycles. The predicted molar refractivity (Wildman–Crippen MR) is 107 cm³/mol. The van der Waals surface area contributed by atoms with Crippen LogP contribution in [-0.4, -0.2) is 27.7 Å². The van der Waals surface area contributed by atoms with Crippen LogP contribution in [0.3, 0.4) is 0 Å². The summed E-state index contributed by atoms with van der Waals surface area (Å²) in [4.78, 5) is 23.0. The number of hydrogen-bond donors (Lipinski definition) is 2. The van der Waals surface area contributed by atoms with Crippen LogP contribution in [0, 0.1) is 22.2 Å². The van der Waals surface area contributed by atoms with Gasteiger partial charge in [0.15, 0.2) is 17.2 Å². The maximum Gasteiger partial charge on any atom is 0.342 e. The van der Waals surface area contributed by atoms with E-state index in [-0.39, 0.29) is 39.2 Å². The molecule has 0 spiro atoms. The van der Waals surface area contributed by atoms with Gasteiger partial charge in [0.25, 0.3) is 4.60 Å². The topological polar surface area (TPSA) is 150 Å². The number of nitrogens with zero attached hydrogens (tertiary/aromatic N) is 2. The van der Waals surface area contributed by atoms with Crippen LogP contribution >= 0.6 is 15.9 Å². The molecule has 0 radical (unpaired) electrons. The molecule has 11 heteroatoms. The van der Waals surface area contributed by atoms with Crippen LogP contribution in [0.15, 0.2) is 39.5 Å². The number of benzene rings is 1. The lowest BCUT2D eigenvalue weighted by atomic mass is 9.99. The first-order valence-corrected chi connectivity index (χ1v) is 9.35. The highest BCUT2D eigenvalue weighted by Crippen LogP contribution is 2.43. The fourth-order valence-corrected chi connectivity index (χ4v) is 3.44. The molecule has 0 aliphatic heterocycles. The third-order valence-electron chi connectivity index (χ3n) is 4.30. The number of nitro benzene ring substituents is 1. The number of rotatable bonds is 5. The van der Waals surface area contributed by atoms with Crippen molar-refractivity contribution in [3.05, 3.63) is 61.7 Å². The minimum absolute atomic E-state index is 0.00450. The number of furan rings is 1. The second-order valence-corrected chi connectivity index (χ2v) is 6.92. The Kier molecular flexibility index (Phi) is 5.65. The quantitative estimate of drug-likeness (QED) is 0.107. The number of hydrogen-bond acceptors (Lipinski definition) is 8. The van der Waals surface area contributed by atoms with E-state index in [0.29, 0.717) is 10.4 Å². The standard InChI is InChI=1S/C19H15BrN2O8/c1-3-29-19(25)15-12(10-6-13(22(27)28)16(24)14(23)7-10)8-30-17(15)11-5-4-9(2)21(26)18(11)20/h4-8,23-24H,3H2,1-2H3. The lowest BCUT2D eigenvalue weighted by molar-refractivity contribution is -0.623. The van der Waals surface area contributed by atoms with Gasteiger partial charge < -0.3 is 24.6 Å². The SMILES string of the molecule is CCOC(=O)c1c(-c2cc(O)c(O)c([N+](=O)[O-])c2)coc1-c1ccc(C)[n+]([O-])c1Br. The summed E-state index contributed by atoms with van der Waals surface area (Å²) in [5.41, 5.74) is -0.0890. The average molecular weight is 479 g/mol. The fourth-order valence-electron chi connectivity index (χ4n) is 2.85. The summed E-state index contributed by atoms with van der Waals surface area (Å²) >= 11 is 3.18. The fraction of sp³-hybridized carbons (Fsp3) is 0.158. The number of nitro groups is 1. The molecule has 2 aromatic heterocycles. The molecule has 1 aromatic carbocycles. The number of carbonyl (C=O) groups excluding carboxylic acids is 1. The van der Waals surface area contributed by atoms with Crippen LogP contribution in [0.4, 0.5) is 5.69 Å². The van der Waals surface area contributed by atoms with Crippen molar-refractivity contribution in [3.63, 3.8) is 0 Å². The highest BCUT2D eigenvalue weighted by Gasteiger charge is 2.30. The number of phenols is 2. The number of aromatic nitrogens is 1. The summed E-state index contributed by atoms with van der Waals surface area (Å²) in [6.45, 7) is 3.24. The Balaban J connectivity index is 2.30. The molecule has 2 heterocycles. The Hall–Kier alpha value is -3.60. The molecular formula is C19H15BrN2O8. The molecule has 30 heavy (non-hydrogen) atoms. The molecule has 0 amide bonds. The Labute approximate surface area is 177 Å². The van der Waals surface area contributed by atoms with Gasteiger partial charge in [0.2, 0.25) is 5.75 Å².